The van der Waals surface area contributed by atoms with Gasteiger partial charge in [0.2, 0.25) is 5.91 Å². The molecule has 1 aliphatic heterocycles. The van der Waals surface area contributed by atoms with E-state index in [1.165, 1.54) is 10.8 Å². The van der Waals surface area contributed by atoms with Crippen LogP contribution in [0, 0.1) is 0 Å². The van der Waals surface area contributed by atoms with Crippen LogP contribution in [0.4, 0.5) is 5.69 Å². The molecular weight excluding hydrogens is 286 g/mol. The van der Waals surface area contributed by atoms with Crippen LogP contribution in [0.2, 0.25) is 0 Å². The number of carbonyl (C=O) groups is 1. The molecule has 92 valence electrons. The van der Waals surface area contributed by atoms with Gasteiger partial charge in [-0.15, -0.1) is 0 Å². The summed E-state index contributed by atoms with van der Waals surface area (Å²) in [5.74, 6) is -0.0258. The van der Waals surface area contributed by atoms with Gasteiger partial charge in [-0.05, 0) is 34.8 Å². The maximum Gasteiger partial charge on any atom is 0.265 e. The minimum absolute atomic E-state index is 0.0258. The molecule has 1 saturated heterocycles. The summed E-state index contributed by atoms with van der Waals surface area (Å²) < 4.78 is 1.73. The first-order chi connectivity index (χ1) is 8.08. The van der Waals surface area contributed by atoms with E-state index in [2.05, 4.69) is 15.9 Å². The van der Waals surface area contributed by atoms with E-state index in [0.29, 0.717) is 10.2 Å². The van der Waals surface area contributed by atoms with Gasteiger partial charge in [-0.2, -0.15) is 0 Å². The van der Waals surface area contributed by atoms with Crippen LogP contribution in [0.25, 0.3) is 0 Å². The molecule has 1 amide bonds. The molecule has 1 aliphatic rings. The standard InChI is InChI=1S/C11H14BrN3O2/c12-9-5-8(13)6-15(11(9)17)7-10(16)14-3-1-2-4-14/h5-6H,1-4,7,13H2. The molecule has 0 spiro atoms. The van der Waals surface area contributed by atoms with E-state index in [9.17, 15) is 9.59 Å². The maximum absolute atomic E-state index is 11.9. The fourth-order valence-corrected chi connectivity index (χ4v) is 2.44. The molecule has 0 unspecified atom stereocenters. The Kier molecular flexibility index (Phi) is 3.51. The minimum atomic E-state index is -0.230. The number of rotatable bonds is 2. The molecule has 0 aliphatic carbocycles. The second-order valence-electron chi connectivity index (χ2n) is 4.14. The zero-order valence-corrected chi connectivity index (χ0v) is 10.9. The van der Waals surface area contributed by atoms with E-state index in [4.69, 9.17) is 5.73 Å². The zero-order valence-electron chi connectivity index (χ0n) is 9.36. The Labute approximate surface area is 107 Å². The van der Waals surface area contributed by atoms with Crippen molar-refractivity contribution in [2.24, 2.45) is 0 Å². The molecule has 0 bridgehead atoms. The molecule has 0 radical (unpaired) electrons. The summed E-state index contributed by atoms with van der Waals surface area (Å²) in [6, 6.07) is 1.54. The first-order valence-corrected chi connectivity index (χ1v) is 6.30. The zero-order chi connectivity index (χ0) is 12.4. The third kappa shape index (κ3) is 2.69. The van der Waals surface area contributed by atoms with E-state index in [0.717, 1.165) is 25.9 Å². The largest absolute Gasteiger partial charge is 0.398 e. The lowest BCUT2D eigenvalue weighted by atomic mass is 10.4. The van der Waals surface area contributed by atoms with Crippen molar-refractivity contribution in [3.63, 3.8) is 0 Å². The Bertz CT molecular complexity index is 492. The van der Waals surface area contributed by atoms with Crippen molar-refractivity contribution in [3.05, 3.63) is 27.1 Å². The van der Waals surface area contributed by atoms with Gasteiger partial charge in [-0.1, -0.05) is 0 Å². The van der Waals surface area contributed by atoms with Gasteiger partial charge in [0.05, 0.1) is 4.47 Å². The molecule has 2 N–H and O–H groups in total. The number of aromatic nitrogens is 1. The average Bonchev–Trinajstić information content (AvgIpc) is 2.78. The second-order valence-corrected chi connectivity index (χ2v) is 5.00. The number of anilines is 1. The lowest BCUT2D eigenvalue weighted by molar-refractivity contribution is -0.130. The van der Waals surface area contributed by atoms with E-state index >= 15 is 0 Å². The van der Waals surface area contributed by atoms with Crippen LogP contribution in [0.1, 0.15) is 12.8 Å². The SMILES string of the molecule is Nc1cc(Br)c(=O)n(CC(=O)N2CCCC2)c1. The summed E-state index contributed by atoms with van der Waals surface area (Å²) in [5.41, 5.74) is 5.88. The van der Waals surface area contributed by atoms with Gasteiger partial charge in [0, 0.05) is 25.0 Å². The second kappa shape index (κ2) is 4.91. The summed E-state index contributed by atoms with van der Waals surface area (Å²) in [7, 11) is 0. The minimum Gasteiger partial charge on any atom is -0.398 e. The highest BCUT2D eigenvalue weighted by Crippen LogP contribution is 2.10. The first-order valence-electron chi connectivity index (χ1n) is 5.51. The van der Waals surface area contributed by atoms with Crippen molar-refractivity contribution in [2.45, 2.75) is 19.4 Å². The molecule has 6 heteroatoms. The Balaban J connectivity index is 2.18. The number of carbonyl (C=O) groups excluding carboxylic acids is 1. The summed E-state index contributed by atoms with van der Waals surface area (Å²) in [4.78, 5) is 25.4. The van der Waals surface area contributed by atoms with Crippen LogP contribution < -0.4 is 11.3 Å². The van der Waals surface area contributed by atoms with Crippen molar-refractivity contribution >= 4 is 27.5 Å². The Morgan fingerprint density at radius 3 is 2.71 bits per heavy atom. The van der Waals surface area contributed by atoms with Crippen molar-refractivity contribution in [2.75, 3.05) is 18.8 Å². The number of pyridine rings is 1. The van der Waals surface area contributed by atoms with E-state index < -0.39 is 0 Å². The van der Waals surface area contributed by atoms with Crippen LogP contribution in [0.15, 0.2) is 21.5 Å². The number of amides is 1. The number of nitrogens with zero attached hydrogens (tertiary/aromatic N) is 2. The molecule has 1 aromatic heterocycles. The van der Waals surface area contributed by atoms with Gasteiger partial charge in [0.15, 0.2) is 0 Å². The van der Waals surface area contributed by atoms with Gasteiger partial charge >= 0.3 is 0 Å². The lowest BCUT2D eigenvalue weighted by Crippen LogP contribution is -2.34. The van der Waals surface area contributed by atoms with Gasteiger partial charge in [0.1, 0.15) is 6.54 Å². The van der Waals surface area contributed by atoms with Crippen LogP contribution in [-0.2, 0) is 11.3 Å². The topological polar surface area (TPSA) is 68.3 Å². The molecule has 0 saturated carbocycles. The monoisotopic (exact) mass is 299 g/mol. The Morgan fingerprint density at radius 1 is 1.41 bits per heavy atom. The molecule has 17 heavy (non-hydrogen) atoms. The summed E-state index contributed by atoms with van der Waals surface area (Å²) >= 11 is 3.13. The number of hydrogen-bond donors (Lipinski definition) is 1. The molecule has 1 fully saturated rings. The first kappa shape index (κ1) is 12.2. The number of hydrogen-bond acceptors (Lipinski definition) is 3. The fourth-order valence-electron chi connectivity index (χ4n) is 1.95. The number of likely N-dealkylation sites (tertiary alicyclic amines) is 1. The molecule has 0 atom stereocenters. The van der Waals surface area contributed by atoms with Gasteiger partial charge in [-0.25, -0.2) is 0 Å². The fraction of sp³-hybridized carbons (Fsp3) is 0.455. The van der Waals surface area contributed by atoms with E-state index in [1.807, 2.05) is 0 Å². The van der Waals surface area contributed by atoms with Gasteiger partial charge in [0.25, 0.3) is 5.56 Å². The van der Waals surface area contributed by atoms with E-state index in [-0.39, 0.29) is 18.0 Å². The highest BCUT2D eigenvalue weighted by Gasteiger charge is 2.18. The van der Waals surface area contributed by atoms with Gasteiger partial charge in [-0.3, -0.25) is 9.59 Å². The summed E-state index contributed by atoms with van der Waals surface area (Å²) in [6.07, 6.45) is 3.59. The van der Waals surface area contributed by atoms with Crippen molar-refractivity contribution < 1.29 is 4.79 Å². The molecular formula is C11H14BrN3O2. The third-order valence-corrected chi connectivity index (χ3v) is 3.40. The Hall–Kier alpha value is -1.30. The molecule has 2 heterocycles. The predicted octanol–water partition coefficient (Wildman–Crippen LogP) is 0.815. The molecule has 1 aromatic rings. The van der Waals surface area contributed by atoms with Crippen molar-refractivity contribution in [1.82, 2.24) is 9.47 Å². The number of nitrogens with two attached hydrogens (primary N) is 1. The van der Waals surface area contributed by atoms with Crippen LogP contribution in [0.5, 0.6) is 0 Å². The third-order valence-electron chi connectivity index (χ3n) is 2.83. The smallest absolute Gasteiger partial charge is 0.265 e. The molecule has 5 nitrogen and oxygen atoms in total. The van der Waals surface area contributed by atoms with E-state index in [1.54, 1.807) is 11.0 Å². The van der Waals surface area contributed by atoms with Gasteiger partial charge < -0.3 is 15.2 Å². The van der Waals surface area contributed by atoms with Crippen LogP contribution in [-0.4, -0.2) is 28.5 Å². The highest BCUT2D eigenvalue weighted by molar-refractivity contribution is 9.10. The lowest BCUT2D eigenvalue weighted by Gasteiger charge is -2.16. The van der Waals surface area contributed by atoms with Crippen molar-refractivity contribution in [3.8, 4) is 0 Å². The highest BCUT2D eigenvalue weighted by atomic mass is 79.9. The average molecular weight is 300 g/mol. The maximum atomic E-state index is 11.9. The summed E-state index contributed by atoms with van der Waals surface area (Å²) in [6.45, 7) is 1.64. The predicted molar refractivity (Wildman–Crippen MR) is 68.6 cm³/mol. The summed E-state index contributed by atoms with van der Waals surface area (Å²) in [5, 5.41) is 0. The molecule has 0 aromatic carbocycles. The van der Waals surface area contributed by atoms with Crippen molar-refractivity contribution in [1.29, 1.82) is 0 Å². The Morgan fingerprint density at radius 2 is 2.06 bits per heavy atom. The van der Waals surface area contributed by atoms with Crippen LogP contribution >= 0.6 is 15.9 Å². The number of nitrogen functional groups attached to an aromatic ring is 1. The normalized spacial score (nSPS) is 15.2. The quantitative estimate of drug-likeness (QED) is 0.879. The molecule has 2 rings (SSSR count). The number of halogens is 1. The van der Waals surface area contributed by atoms with Crippen LogP contribution in [0.3, 0.4) is 0 Å².